The lowest BCUT2D eigenvalue weighted by Crippen LogP contribution is -2.38. The molecule has 1 aliphatic carbocycles. The fourth-order valence-corrected chi connectivity index (χ4v) is 3.84. The van der Waals surface area contributed by atoms with E-state index in [1.54, 1.807) is 6.33 Å². The molecule has 1 heterocycles. The average molecular weight is 470 g/mol. The van der Waals surface area contributed by atoms with E-state index in [9.17, 15) is 10.1 Å². The smallest absolute Gasteiger partial charge is 0.207 e. The van der Waals surface area contributed by atoms with Crippen LogP contribution in [0.1, 0.15) is 69.8 Å². The summed E-state index contributed by atoms with van der Waals surface area (Å²) < 4.78 is 0. The number of hydrogen-bond acceptors (Lipinski definition) is 5. The Kier molecular flexibility index (Phi) is 12.2. The molecule has 0 atom stereocenters. The number of amides is 1. The lowest BCUT2D eigenvalue weighted by molar-refractivity contribution is -0.109. The van der Waals surface area contributed by atoms with Crippen molar-refractivity contribution < 1.29 is 4.79 Å². The van der Waals surface area contributed by atoms with Crippen LogP contribution in [0.4, 0.5) is 5.82 Å². The van der Waals surface area contributed by atoms with Gasteiger partial charge >= 0.3 is 0 Å². The first-order valence-electron chi connectivity index (χ1n) is 11.6. The second-order valence-electron chi connectivity index (χ2n) is 7.26. The fraction of sp³-hybridized carbons (Fsp3) is 0.462. The van der Waals surface area contributed by atoms with Crippen LogP contribution in [-0.2, 0) is 10.2 Å². The number of anilines is 1. The number of aromatic nitrogens is 2. The molecule has 178 valence electrons. The van der Waals surface area contributed by atoms with E-state index < -0.39 is 0 Å². The van der Waals surface area contributed by atoms with E-state index in [1.807, 2.05) is 65.8 Å². The summed E-state index contributed by atoms with van der Waals surface area (Å²) in [6.45, 7) is 13.6. The normalized spacial score (nSPS) is 13.3. The van der Waals surface area contributed by atoms with Crippen molar-refractivity contribution in [3.05, 3.63) is 59.1 Å². The van der Waals surface area contributed by atoms with Crippen molar-refractivity contribution in [2.75, 3.05) is 24.5 Å². The van der Waals surface area contributed by atoms with Gasteiger partial charge in [-0.25, -0.2) is 9.97 Å². The molecule has 0 bridgehead atoms. The van der Waals surface area contributed by atoms with Crippen molar-refractivity contribution >= 4 is 28.9 Å². The highest BCUT2D eigenvalue weighted by molar-refractivity contribution is 6.49. The highest BCUT2D eigenvalue weighted by atomic mass is 35.5. The Morgan fingerprint density at radius 1 is 1.27 bits per heavy atom. The molecule has 33 heavy (non-hydrogen) atoms. The van der Waals surface area contributed by atoms with Gasteiger partial charge in [-0.05, 0) is 44.4 Å². The minimum Gasteiger partial charge on any atom is -0.357 e. The third-order valence-electron chi connectivity index (χ3n) is 5.37. The summed E-state index contributed by atoms with van der Waals surface area (Å²) in [6.07, 6.45) is 6.16. The molecule has 1 aliphatic rings. The topological polar surface area (TPSA) is 81.9 Å². The number of benzene rings is 1. The van der Waals surface area contributed by atoms with Crippen LogP contribution in [0.25, 0.3) is 5.03 Å². The molecule has 1 saturated carbocycles. The van der Waals surface area contributed by atoms with E-state index in [0.29, 0.717) is 30.1 Å². The van der Waals surface area contributed by atoms with Gasteiger partial charge in [-0.1, -0.05) is 57.5 Å². The van der Waals surface area contributed by atoms with Crippen LogP contribution >= 0.6 is 11.6 Å². The lowest BCUT2D eigenvalue weighted by atomic mass is 9.93. The van der Waals surface area contributed by atoms with Crippen molar-refractivity contribution in [3.8, 4) is 6.07 Å². The van der Waals surface area contributed by atoms with Gasteiger partial charge < -0.3 is 10.2 Å². The Morgan fingerprint density at radius 3 is 2.55 bits per heavy atom. The predicted molar refractivity (Wildman–Crippen MR) is 137 cm³/mol. The van der Waals surface area contributed by atoms with E-state index in [-0.39, 0.29) is 5.41 Å². The molecule has 0 radical (unpaired) electrons. The Hall–Kier alpha value is -2.91. The fourth-order valence-electron chi connectivity index (χ4n) is 3.62. The van der Waals surface area contributed by atoms with E-state index in [0.717, 1.165) is 42.0 Å². The Morgan fingerprint density at radius 2 is 1.97 bits per heavy atom. The number of nitrogens with one attached hydrogen (secondary N) is 1. The van der Waals surface area contributed by atoms with E-state index in [4.69, 9.17) is 11.6 Å². The van der Waals surface area contributed by atoms with Crippen molar-refractivity contribution in [2.24, 2.45) is 0 Å². The van der Waals surface area contributed by atoms with Gasteiger partial charge in [-0.2, -0.15) is 5.26 Å². The quantitative estimate of drug-likeness (QED) is 0.382. The molecule has 0 saturated heterocycles. The van der Waals surface area contributed by atoms with E-state index in [2.05, 4.69) is 32.3 Å². The number of halogens is 1. The molecule has 6 nitrogen and oxygen atoms in total. The van der Waals surface area contributed by atoms with Crippen LogP contribution in [0.3, 0.4) is 0 Å². The number of rotatable bonds is 9. The van der Waals surface area contributed by atoms with E-state index >= 15 is 0 Å². The van der Waals surface area contributed by atoms with Crippen molar-refractivity contribution in [2.45, 2.75) is 59.8 Å². The molecule has 3 rings (SSSR count). The second kappa shape index (κ2) is 14.3. The largest absolute Gasteiger partial charge is 0.357 e. The number of allylic oxidation sites excluding steroid dienone is 1. The van der Waals surface area contributed by atoms with Crippen LogP contribution in [0.5, 0.6) is 0 Å². The predicted octanol–water partition coefficient (Wildman–Crippen LogP) is 5.59. The van der Waals surface area contributed by atoms with Gasteiger partial charge in [0.1, 0.15) is 12.1 Å². The van der Waals surface area contributed by atoms with Gasteiger partial charge in [-0.3, -0.25) is 4.79 Å². The summed E-state index contributed by atoms with van der Waals surface area (Å²) in [6, 6.07) is 10.0. The zero-order chi connectivity index (χ0) is 24.9. The highest BCUT2D eigenvalue weighted by Gasteiger charge is 2.46. The van der Waals surface area contributed by atoms with Gasteiger partial charge in [0.15, 0.2) is 0 Å². The summed E-state index contributed by atoms with van der Waals surface area (Å²) in [7, 11) is 0. The molecule has 0 aliphatic heterocycles. The number of nitriles is 1. The molecule has 7 heteroatoms. The van der Waals surface area contributed by atoms with Crippen LogP contribution in [0.2, 0.25) is 0 Å². The average Bonchev–Trinajstić information content (AvgIpc) is 3.66. The summed E-state index contributed by atoms with van der Waals surface area (Å²) >= 11 is 6.50. The highest BCUT2D eigenvalue weighted by Crippen LogP contribution is 2.49. The maximum absolute atomic E-state index is 10.8. The van der Waals surface area contributed by atoms with Crippen LogP contribution in [0.15, 0.2) is 36.7 Å². The third-order valence-corrected chi connectivity index (χ3v) is 5.78. The molecule has 1 aromatic heterocycles. The molecule has 1 aromatic carbocycles. The first kappa shape index (κ1) is 28.1. The monoisotopic (exact) mass is 469 g/mol. The maximum Gasteiger partial charge on any atom is 0.207 e. The van der Waals surface area contributed by atoms with Gasteiger partial charge in [-0.15, -0.1) is 0 Å². The molecular formula is C26H36ClN5O. The zero-order valence-electron chi connectivity index (χ0n) is 20.7. The van der Waals surface area contributed by atoms with Gasteiger partial charge in [0, 0.05) is 30.1 Å². The van der Waals surface area contributed by atoms with Gasteiger partial charge in [0.05, 0.1) is 22.9 Å². The number of nitrogens with zero attached hydrogens (tertiary/aromatic N) is 4. The first-order valence-corrected chi connectivity index (χ1v) is 12.0. The van der Waals surface area contributed by atoms with Crippen LogP contribution in [-0.4, -0.2) is 36.0 Å². The van der Waals surface area contributed by atoms with Gasteiger partial charge in [0.2, 0.25) is 6.41 Å². The molecule has 1 fully saturated rings. The van der Waals surface area contributed by atoms with E-state index in [1.165, 1.54) is 0 Å². The molecular weight excluding hydrogens is 434 g/mol. The molecule has 2 aromatic rings. The first-order chi connectivity index (χ1) is 16.0. The second-order valence-corrected chi connectivity index (χ2v) is 7.67. The minimum absolute atomic E-state index is 0.0351. The molecule has 1 N–H and O–H groups in total. The Labute approximate surface area is 203 Å². The Balaban J connectivity index is 0.00000129. The number of aryl methyl sites for hydroxylation is 1. The standard InChI is InChI=1S/C22H24ClN5O.2C2H6/c1-3-19(23)20-16(2)26-14-27-21(20)28(10-9-25-15-29)13-22(7-8-22)18-6-4-5-17(11-18)12-24;2*1-2/h3-6,11,14-15H,7-10,13H2,1-2H3,(H,25,29);2*1-2H3/b19-3+;;. The lowest BCUT2D eigenvalue weighted by Gasteiger charge is -2.30. The van der Waals surface area contributed by atoms with Crippen LogP contribution in [0, 0.1) is 18.3 Å². The minimum atomic E-state index is -0.0351. The number of carbonyl (C=O) groups is 1. The molecule has 1 amide bonds. The van der Waals surface area contributed by atoms with Gasteiger partial charge in [0.25, 0.3) is 0 Å². The molecule has 0 spiro atoms. The summed E-state index contributed by atoms with van der Waals surface area (Å²) in [5.74, 6) is 0.760. The summed E-state index contributed by atoms with van der Waals surface area (Å²) in [5, 5.41) is 12.6. The SMILES string of the molecule is C/C=C(/Cl)c1c(C)ncnc1N(CCNC=O)CC1(c2cccc(C#N)c2)CC1.CC.CC. The van der Waals surface area contributed by atoms with Crippen molar-refractivity contribution in [3.63, 3.8) is 0 Å². The van der Waals surface area contributed by atoms with Crippen molar-refractivity contribution in [1.82, 2.24) is 15.3 Å². The van der Waals surface area contributed by atoms with Crippen LogP contribution < -0.4 is 10.2 Å². The third kappa shape index (κ3) is 7.30. The molecule has 0 unspecified atom stereocenters. The Bertz CT molecular complexity index is 963. The number of hydrogen-bond donors (Lipinski definition) is 1. The summed E-state index contributed by atoms with van der Waals surface area (Å²) in [4.78, 5) is 21.8. The zero-order valence-corrected chi connectivity index (χ0v) is 21.4. The summed E-state index contributed by atoms with van der Waals surface area (Å²) in [5.41, 5.74) is 3.41. The number of carbonyl (C=O) groups excluding carboxylic acids is 1. The maximum atomic E-state index is 10.8. The van der Waals surface area contributed by atoms with Crippen molar-refractivity contribution in [1.29, 1.82) is 5.26 Å².